The monoisotopic (exact) mass is 595 g/mol. The van der Waals surface area contributed by atoms with Crippen molar-refractivity contribution < 1.29 is 33.0 Å². The van der Waals surface area contributed by atoms with Gasteiger partial charge in [0.25, 0.3) is 5.91 Å². The molecule has 2 amide bonds. The number of carbonyl (C=O) groups is 3. The lowest BCUT2D eigenvalue weighted by atomic mass is 10.0. The van der Waals surface area contributed by atoms with E-state index in [1.54, 1.807) is 28.8 Å². The van der Waals surface area contributed by atoms with E-state index in [0.717, 1.165) is 24.1 Å². The van der Waals surface area contributed by atoms with Gasteiger partial charge in [0.15, 0.2) is 11.6 Å². The molecule has 1 aliphatic rings. The van der Waals surface area contributed by atoms with E-state index in [1.807, 2.05) is 32.9 Å². The third kappa shape index (κ3) is 8.30. The van der Waals surface area contributed by atoms with Gasteiger partial charge in [0.1, 0.15) is 11.4 Å². The van der Waals surface area contributed by atoms with Crippen molar-refractivity contribution in [2.75, 3.05) is 25.2 Å². The highest BCUT2D eigenvalue weighted by atomic mass is 19.1. The number of pyridine rings is 1. The van der Waals surface area contributed by atoms with Gasteiger partial charge in [-0.15, -0.1) is 0 Å². The third-order valence-corrected chi connectivity index (χ3v) is 6.76. The van der Waals surface area contributed by atoms with Gasteiger partial charge in [-0.1, -0.05) is 12.1 Å². The number of halogens is 1. The smallest absolute Gasteiger partial charge is 0.416 e. The molecule has 1 aliphatic heterocycles. The van der Waals surface area contributed by atoms with Gasteiger partial charge in [-0.25, -0.2) is 14.2 Å². The number of hydrogen-bond donors (Lipinski definition) is 1. The Kier molecular flexibility index (Phi) is 9.99. The maximum absolute atomic E-state index is 14.4. The zero-order chi connectivity index (χ0) is 31.1. The zero-order valence-electron chi connectivity index (χ0n) is 25.2. The Morgan fingerprint density at radius 3 is 2.65 bits per heavy atom. The fourth-order valence-electron chi connectivity index (χ4n) is 4.72. The molecule has 0 bridgehead atoms. The van der Waals surface area contributed by atoms with Crippen LogP contribution >= 0.6 is 0 Å². The highest BCUT2D eigenvalue weighted by Crippen LogP contribution is 2.28. The van der Waals surface area contributed by atoms with Gasteiger partial charge in [0.05, 0.1) is 37.9 Å². The maximum Gasteiger partial charge on any atom is 0.416 e. The number of anilines is 1. The Morgan fingerprint density at radius 2 is 1.95 bits per heavy atom. The number of benzene rings is 1. The molecule has 0 saturated carbocycles. The molecule has 11 nitrogen and oxygen atoms in total. The van der Waals surface area contributed by atoms with E-state index in [-0.39, 0.29) is 24.3 Å². The van der Waals surface area contributed by atoms with E-state index in [0.29, 0.717) is 30.9 Å². The van der Waals surface area contributed by atoms with Gasteiger partial charge >= 0.3 is 12.1 Å². The molecule has 3 heterocycles. The van der Waals surface area contributed by atoms with Gasteiger partial charge < -0.3 is 19.5 Å². The normalized spacial score (nSPS) is 13.6. The average Bonchev–Trinajstić information content (AvgIpc) is 3.44. The van der Waals surface area contributed by atoms with Crippen molar-refractivity contribution in [3.8, 4) is 5.75 Å². The lowest BCUT2D eigenvalue weighted by Crippen LogP contribution is -2.40. The number of carbonyl (C=O) groups excluding carboxylic acids is 3. The van der Waals surface area contributed by atoms with Crippen LogP contribution in [0.25, 0.3) is 0 Å². The van der Waals surface area contributed by atoms with Crippen LogP contribution in [0.2, 0.25) is 0 Å². The van der Waals surface area contributed by atoms with E-state index in [2.05, 4.69) is 10.4 Å². The molecule has 0 saturated heterocycles. The number of nitrogens with one attached hydrogen (secondary N) is 1. The van der Waals surface area contributed by atoms with Crippen molar-refractivity contribution in [2.45, 2.75) is 71.6 Å². The number of nitrogens with zero attached hydrogens (tertiary/aromatic N) is 4. The Labute approximate surface area is 250 Å². The fourth-order valence-corrected chi connectivity index (χ4v) is 4.72. The molecule has 0 radical (unpaired) electrons. The van der Waals surface area contributed by atoms with Crippen LogP contribution in [0.1, 0.15) is 73.8 Å². The number of ether oxygens (including phenoxy) is 3. The maximum atomic E-state index is 14.4. The van der Waals surface area contributed by atoms with Crippen LogP contribution < -0.4 is 15.0 Å². The van der Waals surface area contributed by atoms with Gasteiger partial charge in [-0.3, -0.25) is 19.2 Å². The van der Waals surface area contributed by atoms with E-state index in [9.17, 15) is 18.8 Å². The van der Waals surface area contributed by atoms with Gasteiger partial charge in [0.2, 0.25) is 0 Å². The van der Waals surface area contributed by atoms with Crippen LogP contribution in [0.4, 0.5) is 15.0 Å². The van der Waals surface area contributed by atoms with Crippen molar-refractivity contribution in [3.05, 3.63) is 70.9 Å². The minimum absolute atomic E-state index is 0.0530. The Bertz CT molecular complexity index is 1470. The van der Waals surface area contributed by atoms with E-state index in [4.69, 9.17) is 19.2 Å². The SMILES string of the molecule is CCOC(=O)C[C@H](NC(=O)c1cnn(CCc2ccc3c(n2)N(C(=O)OC(C)(C)C)CCC3)c1)c1ccc(OC)c(F)c1. The van der Waals surface area contributed by atoms with Crippen molar-refractivity contribution in [3.63, 3.8) is 0 Å². The first kappa shape index (κ1) is 31.5. The van der Waals surface area contributed by atoms with Crippen LogP contribution in [0.15, 0.2) is 42.7 Å². The van der Waals surface area contributed by atoms with Gasteiger partial charge in [0, 0.05) is 31.4 Å². The lowest BCUT2D eigenvalue weighted by Gasteiger charge is -2.31. The first-order valence-corrected chi connectivity index (χ1v) is 14.3. The molecule has 1 N–H and O–H groups in total. The molecule has 0 spiro atoms. The minimum atomic E-state index is -0.831. The van der Waals surface area contributed by atoms with E-state index in [1.165, 1.54) is 25.4 Å². The summed E-state index contributed by atoms with van der Waals surface area (Å²) in [5.41, 5.74) is 1.82. The lowest BCUT2D eigenvalue weighted by molar-refractivity contribution is -0.143. The molecule has 0 fully saturated rings. The molecule has 1 aromatic carbocycles. The number of esters is 1. The van der Waals surface area contributed by atoms with Crippen LogP contribution in [0.5, 0.6) is 5.75 Å². The second-order valence-corrected chi connectivity index (χ2v) is 11.2. The summed E-state index contributed by atoms with van der Waals surface area (Å²) in [6.45, 7) is 8.33. The van der Waals surface area contributed by atoms with Crippen molar-refractivity contribution in [1.29, 1.82) is 0 Å². The third-order valence-electron chi connectivity index (χ3n) is 6.76. The summed E-state index contributed by atoms with van der Waals surface area (Å²) in [4.78, 5) is 44.5. The summed E-state index contributed by atoms with van der Waals surface area (Å²) in [6, 6.07) is 7.34. The number of aromatic nitrogens is 3. The summed E-state index contributed by atoms with van der Waals surface area (Å²) in [6.07, 6.45) is 4.60. The molecule has 230 valence electrons. The molecule has 43 heavy (non-hydrogen) atoms. The van der Waals surface area contributed by atoms with E-state index >= 15 is 0 Å². The average molecular weight is 596 g/mol. The van der Waals surface area contributed by atoms with E-state index < -0.39 is 35.4 Å². The summed E-state index contributed by atoms with van der Waals surface area (Å²) >= 11 is 0. The summed E-state index contributed by atoms with van der Waals surface area (Å²) in [7, 11) is 1.36. The van der Waals surface area contributed by atoms with Crippen LogP contribution in [0, 0.1) is 5.82 Å². The molecule has 12 heteroatoms. The first-order chi connectivity index (χ1) is 20.5. The highest BCUT2D eigenvalue weighted by molar-refractivity contribution is 5.94. The van der Waals surface area contributed by atoms with Crippen LogP contribution in [0.3, 0.4) is 0 Å². The van der Waals surface area contributed by atoms with Crippen molar-refractivity contribution >= 4 is 23.8 Å². The fraction of sp³-hybridized carbons (Fsp3) is 0.452. The standard InChI is InChI=1S/C31H38FN5O6/c1-6-42-27(38)17-25(21-10-12-26(41-5)24(32)16-21)35-29(39)22-18-33-36(19-22)15-13-23-11-9-20-8-7-14-37(28(20)34-23)30(40)43-31(2,3)4/h9-12,16,18-19,25H,6-8,13-15,17H2,1-5H3,(H,35,39)/t25-/m0/s1. The number of hydrogen-bond acceptors (Lipinski definition) is 8. The molecule has 2 aromatic heterocycles. The Morgan fingerprint density at radius 1 is 1.16 bits per heavy atom. The Hall–Kier alpha value is -4.48. The number of aryl methyl sites for hydroxylation is 3. The first-order valence-electron chi connectivity index (χ1n) is 14.3. The second-order valence-electron chi connectivity index (χ2n) is 11.2. The van der Waals surface area contributed by atoms with Crippen molar-refractivity contribution in [2.24, 2.45) is 0 Å². The molecule has 0 aliphatic carbocycles. The number of methoxy groups -OCH3 is 1. The quantitative estimate of drug-likeness (QED) is 0.332. The molecule has 3 aromatic rings. The second kappa shape index (κ2) is 13.7. The zero-order valence-corrected chi connectivity index (χ0v) is 25.2. The molecule has 1 atom stereocenters. The molecular formula is C31H38FN5O6. The van der Waals surface area contributed by atoms with Gasteiger partial charge in [-0.05, 0) is 69.9 Å². The number of fused-ring (bicyclic) bond motifs is 1. The predicted octanol–water partition coefficient (Wildman–Crippen LogP) is 4.78. The van der Waals surface area contributed by atoms with Gasteiger partial charge in [-0.2, -0.15) is 5.10 Å². The topological polar surface area (TPSA) is 125 Å². The van der Waals surface area contributed by atoms with Crippen LogP contribution in [-0.2, 0) is 33.7 Å². The number of rotatable bonds is 10. The molecular weight excluding hydrogens is 557 g/mol. The Balaban J connectivity index is 1.43. The summed E-state index contributed by atoms with van der Waals surface area (Å²) in [5, 5.41) is 7.10. The molecule has 4 rings (SSSR count). The predicted molar refractivity (Wildman–Crippen MR) is 156 cm³/mol. The largest absolute Gasteiger partial charge is 0.494 e. The minimum Gasteiger partial charge on any atom is -0.494 e. The summed E-state index contributed by atoms with van der Waals surface area (Å²) in [5.74, 6) is -0.946. The highest BCUT2D eigenvalue weighted by Gasteiger charge is 2.29. The van der Waals surface area contributed by atoms with Crippen LogP contribution in [-0.4, -0.2) is 58.6 Å². The summed E-state index contributed by atoms with van der Waals surface area (Å²) < 4.78 is 31.6. The number of amides is 2. The molecule has 0 unspecified atom stereocenters. The van der Waals surface area contributed by atoms with Crippen molar-refractivity contribution in [1.82, 2.24) is 20.1 Å².